The molecule has 0 N–H and O–H groups in total. The van der Waals surface area contributed by atoms with Crippen LogP contribution >= 0.6 is 11.6 Å². The largest absolute Gasteiger partial charge is 0.493 e. The Kier molecular flexibility index (Phi) is 5.02. The third-order valence-corrected chi connectivity index (χ3v) is 4.04. The number of para-hydroxylation sites is 1. The summed E-state index contributed by atoms with van der Waals surface area (Å²) in [5.74, 6) is 0.0148. The van der Waals surface area contributed by atoms with Crippen LogP contribution in [0, 0.1) is 5.82 Å². The van der Waals surface area contributed by atoms with Crippen LogP contribution < -0.4 is 4.74 Å². The zero-order valence-electron chi connectivity index (χ0n) is 13.2. The Hall–Kier alpha value is -2.11. The van der Waals surface area contributed by atoms with Gasteiger partial charge >= 0.3 is 0 Å². The number of halogens is 2. The molecule has 1 aliphatic heterocycles. The second-order valence-corrected chi connectivity index (χ2v) is 5.83. The van der Waals surface area contributed by atoms with Crippen molar-refractivity contribution < 1.29 is 18.7 Å². The molecule has 0 aliphatic carbocycles. The molecule has 1 amide bonds. The fraction of sp³-hybridized carbons (Fsp3) is 0.278. The first kappa shape index (κ1) is 16.7. The number of carbonyl (C=O) groups is 1. The molecular formula is C18H17ClFNO3. The lowest BCUT2D eigenvalue weighted by Gasteiger charge is -2.25. The molecule has 6 heteroatoms. The summed E-state index contributed by atoms with van der Waals surface area (Å²) in [6.07, 6.45) is -0.602. The number of rotatable bonds is 5. The van der Waals surface area contributed by atoms with Gasteiger partial charge in [-0.3, -0.25) is 4.79 Å². The number of hydrogen-bond donors (Lipinski definition) is 0. The molecule has 1 heterocycles. The fourth-order valence-electron chi connectivity index (χ4n) is 2.69. The quantitative estimate of drug-likeness (QED) is 0.820. The Balaban J connectivity index is 1.90. The summed E-state index contributed by atoms with van der Waals surface area (Å²) >= 11 is 5.78. The molecule has 2 aromatic rings. The van der Waals surface area contributed by atoms with Gasteiger partial charge < -0.3 is 14.4 Å². The molecule has 3 rings (SSSR count). The average molecular weight is 350 g/mol. The smallest absolute Gasteiger partial charge is 0.251 e. The predicted molar refractivity (Wildman–Crippen MR) is 88.3 cm³/mol. The summed E-state index contributed by atoms with van der Waals surface area (Å²) < 4.78 is 25.3. The van der Waals surface area contributed by atoms with E-state index in [1.807, 2.05) is 31.2 Å². The van der Waals surface area contributed by atoms with E-state index in [0.717, 1.165) is 5.56 Å². The molecule has 1 saturated heterocycles. The standard InChI is InChI=1S/C18H17ClFNO3/c1-2-23-16-6-4-3-5-14(16)18-21(17(22)11-24-18)10-12-7-8-13(19)9-15(12)20/h3-9,18H,2,10-11H2,1H3. The highest BCUT2D eigenvalue weighted by molar-refractivity contribution is 6.30. The minimum absolute atomic E-state index is 0.0413. The summed E-state index contributed by atoms with van der Waals surface area (Å²) in [5.41, 5.74) is 1.14. The average Bonchev–Trinajstić information content (AvgIpc) is 2.92. The van der Waals surface area contributed by atoms with Gasteiger partial charge in [0.2, 0.25) is 0 Å². The highest BCUT2D eigenvalue weighted by Gasteiger charge is 2.35. The fourth-order valence-corrected chi connectivity index (χ4v) is 2.85. The van der Waals surface area contributed by atoms with Crippen LogP contribution in [-0.2, 0) is 16.1 Å². The number of benzene rings is 2. The first-order valence-electron chi connectivity index (χ1n) is 7.67. The molecule has 0 bridgehead atoms. The van der Waals surface area contributed by atoms with Crippen LogP contribution in [0.1, 0.15) is 24.3 Å². The zero-order valence-corrected chi connectivity index (χ0v) is 13.9. The predicted octanol–water partition coefficient (Wildman–Crippen LogP) is 3.94. The van der Waals surface area contributed by atoms with E-state index < -0.39 is 12.0 Å². The summed E-state index contributed by atoms with van der Waals surface area (Å²) in [6, 6.07) is 11.8. The second kappa shape index (κ2) is 7.20. The van der Waals surface area contributed by atoms with E-state index in [1.165, 1.54) is 11.0 Å². The van der Waals surface area contributed by atoms with Crippen LogP contribution in [0.15, 0.2) is 42.5 Å². The van der Waals surface area contributed by atoms with E-state index in [-0.39, 0.29) is 19.1 Å². The molecule has 24 heavy (non-hydrogen) atoms. The minimum atomic E-state index is -0.602. The molecule has 2 aromatic carbocycles. The van der Waals surface area contributed by atoms with Crippen molar-refractivity contribution in [1.29, 1.82) is 0 Å². The van der Waals surface area contributed by atoms with Crippen molar-refractivity contribution in [3.8, 4) is 5.75 Å². The molecule has 0 saturated carbocycles. The number of nitrogens with zero attached hydrogens (tertiary/aromatic N) is 1. The Morgan fingerprint density at radius 3 is 2.88 bits per heavy atom. The van der Waals surface area contributed by atoms with Crippen molar-refractivity contribution in [2.24, 2.45) is 0 Å². The Morgan fingerprint density at radius 1 is 1.33 bits per heavy atom. The highest BCUT2D eigenvalue weighted by Crippen LogP contribution is 2.35. The highest BCUT2D eigenvalue weighted by atomic mass is 35.5. The van der Waals surface area contributed by atoms with Crippen molar-refractivity contribution in [2.75, 3.05) is 13.2 Å². The molecule has 1 unspecified atom stereocenters. The number of carbonyl (C=O) groups excluding carboxylic acids is 1. The molecule has 4 nitrogen and oxygen atoms in total. The topological polar surface area (TPSA) is 38.8 Å². The lowest BCUT2D eigenvalue weighted by atomic mass is 10.1. The van der Waals surface area contributed by atoms with E-state index in [9.17, 15) is 9.18 Å². The first-order valence-corrected chi connectivity index (χ1v) is 8.04. The summed E-state index contributed by atoms with van der Waals surface area (Å²) in [6.45, 7) is 2.45. The van der Waals surface area contributed by atoms with Crippen LogP contribution in [0.4, 0.5) is 4.39 Å². The molecule has 1 atom stereocenters. The first-order chi connectivity index (χ1) is 11.6. The van der Waals surface area contributed by atoms with Gasteiger partial charge in [0.25, 0.3) is 5.91 Å². The molecule has 1 aliphatic rings. The summed E-state index contributed by atoms with van der Waals surface area (Å²) in [4.78, 5) is 13.7. The number of ether oxygens (including phenoxy) is 2. The lowest BCUT2D eigenvalue weighted by molar-refractivity contribution is -0.128. The summed E-state index contributed by atoms with van der Waals surface area (Å²) in [7, 11) is 0. The molecule has 126 valence electrons. The molecule has 0 spiro atoms. The van der Waals surface area contributed by atoms with Crippen molar-refractivity contribution in [3.05, 3.63) is 64.4 Å². The van der Waals surface area contributed by atoms with E-state index >= 15 is 0 Å². The van der Waals surface area contributed by atoms with Crippen LogP contribution in [-0.4, -0.2) is 24.0 Å². The maximum absolute atomic E-state index is 14.1. The maximum atomic E-state index is 14.1. The lowest BCUT2D eigenvalue weighted by Crippen LogP contribution is -2.28. The Bertz CT molecular complexity index is 753. The summed E-state index contributed by atoms with van der Waals surface area (Å²) in [5, 5.41) is 0.318. The molecule has 0 aromatic heterocycles. The van der Waals surface area contributed by atoms with Crippen LogP contribution in [0.5, 0.6) is 5.75 Å². The minimum Gasteiger partial charge on any atom is -0.493 e. The van der Waals surface area contributed by atoms with E-state index in [1.54, 1.807) is 12.1 Å². The van der Waals surface area contributed by atoms with Gasteiger partial charge in [-0.05, 0) is 25.1 Å². The number of hydrogen-bond acceptors (Lipinski definition) is 3. The van der Waals surface area contributed by atoms with E-state index in [0.29, 0.717) is 22.9 Å². The van der Waals surface area contributed by atoms with Crippen molar-refractivity contribution >= 4 is 17.5 Å². The van der Waals surface area contributed by atoms with Gasteiger partial charge in [0, 0.05) is 16.1 Å². The van der Waals surface area contributed by atoms with Gasteiger partial charge in [-0.1, -0.05) is 35.9 Å². The van der Waals surface area contributed by atoms with E-state index in [2.05, 4.69) is 0 Å². The Labute approximate surface area is 144 Å². The third-order valence-electron chi connectivity index (χ3n) is 3.81. The van der Waals surface area contributed by atoms with Gasteiger partial charge in [0.1, 0.15) is 18.2 Å². The SMILES string of the molecule is CCOc1ccccc1C1OCC(=O)N1Cc1ccc(Cl)cc1F. The van der Waals surface area contributed by atoms with Gasteiger partial charge in [-0.15, -0.1) is 0 Å². The monoisotopic (exact) mass is 349 g/mol. The van der Waals surface area contributed by atoms with Crippen LogP contribution in [0.25, 0.3) is 0 Å². The molecular weight excluding hydrogens is 333 g/mol. The van der Waals surface area contributed by atoms with Gasteiger partial charge in [-0.2, -0.15) is 0 Å². The molecule has 0 radical (unpaired) electrons. The van der Waals surface area contributed by atoms with Crippen molar-refractivity contribution in [2.45, 2.75) is 19.7 Å². The second-order valence-electron chi connectivity index (χ2n) is 5.39. The third kappa shape index (κ3) is 3.37. The van der Waals surface area contributed by atoms with Gasteiger partial charge in [-0.25, -0.2) is 4.39 Å². The van der Waals surface area contributed by atoms with Gasteiger partial charge in [0.15, 0.2) is 6.23 Å². The normalized spacial score (nSPS) is 17.4. The van der Waals surface area contributed by atoms with Crippen molar-refractivity contribution in [1.82, 2.24) is 4.90 Å². The number of amides is 1. The van der Waals surface area contributed by atoms with Crippen LogP contribution in [0.3, 0.4) is 0 Å². The van der Waals surface area contributed by atoms with Crippen molar-refractivity contribution in [3.63, 3.8) is 0 Å². The maximum Gasteiger partial charge on any atom is 0.251 e. The van der Waals surface area contributed by atoms with Gasteiger partial charge in [0.05, 0.1) is 13.2 Å². The zero-order chi connectivity index (χ0) is 17.1. The Morgan fingerprint density at radius 2 is 2.12 bits per heavy atom. The van der Waals surface area contributed by atoms with E-state index in [4.69, 9.17) is 21.1 Å². The van der Waals surface area contributed by atoms with Crippen LogP contribution in [0.2, 0.25) is 5.02 Å². The molecule has 1 fully saturated rings.